The molecule has 2 heterocycles. The first-order chi connectivity index (χ1) is 6.84. The third kappa shape index (κ3) is 2.89. The molecule has 1 saturated heterocycles. The Morgan fingerprint density at radius 3 is 3.29 bits per heavy atom. The molecule has 4 heteroatoms. The lowest BCUT2D eigenvalue weighted by Crippen LogP contribution is -2.14. The summed E-state index contributed by atoms with van der Waals surface area (Å²) in [5.74, 6) is 2.28. The third-order valence-corrected chi connectivity index (χ3v) is 4.15. The van der Waals surface area contributed by atoms with Crippen LogP contribution in [-0.2, 0) is 0 Å². The first-order valence-electron chi connectivity index (χ1n) is 4.81. The Morgan fingerprint density at radius 2 is 2.57 bits per heavy atom. The molecular weight excluding hydrogens is 260 g/mol. The lowest BCUT2D eigenvalue weighted by atomic mass is 10.2. The molecule has 1 N–H and O–H groups in total. The number of anilines is 1. The van der Waals surface area contributed by atoms with E-state index in [0.717, 1.165) is 22.1 Å². The molecule has 2 nitrogen and oxygen atoms in total. The standard InChI is InChI=1S/C10H13BrN2S/c11-8-3-4-12-10(6-8)13-7-9-2-1-5-14-9/h3-4,6,9H,1-2,5,7H2,(H,12,13). The number of aromatic nitrogens is 1. The zero-order valence-electron chi connectivity index (χ0n) is 7.87. The summed E-state index contributed by atoms with van der Waals surface area (Å²) < 4.78 is 1.08. The highest BCUT2D eigenvalue weighted by Gasteiger charge is 2.14. The van der Waals surface area contributed by atoms with E-state index < -0.39 is 0 Å². The van der Waals surface area contributed by atoms with Gasteiger partial charge in [-0.1, -0.05) is 15.9 Å². The topological polar surface area (TPSA) is 24.9 Å². The number of thioether (sulfide) groups is 1. The van der Waals surface area contributed by atoms with Gasteiger partial charge in [-0.15, -0.1) is 0 Å². The molecule has 0 bridgehead atoms. The van der Waals surface area contributed by atoms with E-state index in [2.05, 4.69) is 38.0 Å². The van der Waals surface area contributed by atoms with E-state index in [4.69, 9.17) is 0 Å². The fourth-order valence-corrected chi connectivity index (χ4v) is 3.06. The quantitative estimate of drug-likeness (QED) is 0.915. The smallest absolute Gasteiger partial charge is 0.127 e. The van der Waals surface area contributed by atoms with Gasteiger partial charge in [-0.25, -0.2) is 4.98 Å². The molecule has 1 fully saturated rings. The van der Waals surface area contributed by atoms with Crippen molar-refractivity contribution in [3.05, 3.63) is 22.8 Å². The van der Waals surface area contributed by atoms with Gasteiger partial charge in [0, 0.05) is 22.5 Å². The fourth-order valence-electron chi connectivity index (χ4n) is 1.53. The van der Waals surface area contributed by atoms with Crippen molar-refractivity contribution in [1.82, 2.24) is 4.98 Å². The van der Waals surface area contributed by atoms with Crippen LogP contribution in [-0.4, -0.2) is 22.5 Å². The predicted octanol–water partition coefficient (Wildman–Crippen LogP) is 3.15. The Bertz CT molecular complexity index is 300. The Hall–Kier alpha value is -0.220. The van der Waals surface area contributed by atoms with Gasteiger partial charge in [0.15, 0.2) is 0 Å². The molecule has 0 aliphatic carbocycles. The first kappa shape index (κ1) is 10.3. The SMILES string of the molecule is Brc1ccnc(NCC2CCCS2)c1. The average Bonchev–Trinajstić information content (AvgIpc) is 2.67. The first-order valence-corrected chi connectivity index (χ1v) is 6.66. The number of halogens is 1. The van der Waals surface area contributed by atoms with Gasteiger partial charge in [-0.3, -0.25) is 0 Å². The summed E-state index contributed by atoms with van der Waals surface area (Å²) in [4.78, 5) is 4.25. The van der Waals surface area contributed by atoms with Crippen LogP contribution in [0.2, 0.25) is 0 Å². The molecule has 1 aliphatic heterocycles. The second kappa shape index (κ2) is 5.03. The van der Waals surface area contributed by atoms with E-state index in [9.17, 15) is 0 Å². The van der Waals surface area contributed by atoms with Crippen molar-refractivity contribution in [3.8, 4) is 0 Å². The summed E-state index contributed by atoms with van der Waals surface area (Å²) in [6.45, 7) is 1.04. The number of hydrogen-bond acceptors (Lipinski definition) is 3. The lowest BCUT2D eigenvalue weighted by Gasteiger charge is -2.10. The molecule has 1 aromatic heterocycles. The van der Waals surface area contributed by atoms with Gasteiger partial charge in [-0.05, 0) is 30.7 Å². The minimum Gasteiger partial charge on any atom is -0.369 e. The van der Waals surface area contributed by atoms with Gasteiger partial charge in [0.2, 0.25) is 0 Å². The van der Waals surface area contributed by atoms with Crippen LogP contribution in [0.5, 0.6) is 0 Å². The van der Waals surface area contributed by atoms with Gasteiger partial charge >= 0.3 is 0 Å². The third-order valence-electron chi connectivity index (χ3n) is 2.26. The molecule has 0 radical (unpaired) electrons. The highest BCUT2D eigenvalue weighted by atomic mass is 79.9. The summed E-state index contributed by atoms with van der Waals surface area (Å²) in [7, 11) is 0. The Morgan fingerprint density at radius 1 is 1.64 bits per heavy atom. The van der Waals surface area contributed by atoms with Crippen molar-refractivity contribution >= 4 is 33.5 Å². The Labute approximate surface area is 97.0 Å². The molecule has 2 rings (SSSR count). The highest BCUT2D eigenvalue weighted by Crippen LogP contribution is 2.26. The van der Waals surface area contributed by atoms with Crippen LogP contribution in [0.3, 0.4) is 0 Å². The number of pyridine rings is 1. The monoisotopic (exact) mass is 272 g/mol. The zero-order valence-corrected chi connectivity index (χ0v) is 10.3. The Kier molecular flexibility index (Phi) is 3.70. The van der Waals surface area contributed by atoms with E-state index in [0.29, 0.717) is 0 Å². The van der Waals surface area contributed by atoms with Crippen LogP contribution in [0.15, 0.2) is 22.8 Å². The molecule has 0 saturated carbocycles. The molecule has 0 amide bonds. The molecule has 76 valence electrons. The van der Waals surface area contributed by atoms with Gasteiger partial charge < -0.3 is 5.32 Å². The number of nitrogens with zero attached hydrogens (tertiary/aromatic N) is 1. The van der Waals surface area contributed by atoms with Crippen molar-refractivity contribution in [3.63, 3.8) is 0 Å². The summed E-state index contributed by atoms with van der Waals surface area (Å²) in [5.41, 5.74) is 0. The van der Waals surface area contributed by atoms with Gasteiger partial charge in [-0.2, -0.15) is 11.8 Å². The minimum atomic E-state index is 0.774. The van der Waals surface area contributed by atoms with Crippen molar-refractivity contribution < 1.29 is 0 Å². The van der Waals surface area contributed by atoms with Gasteiger partial charge in [0.25, 0.3) is 0 Å². The second-order valence-electron chi connectivity index (χ2n) is 3.38. The van der Waals surface area contributed by atoms with E-state index in [-0.39, 0.29) is 0 Å². The van der Waals surface area contributed by atoms with Crippen molar-refractivity contribution in [1.29, 1.82) is 0 Å². The van der Waals surface area contributed by atoms with E-state index in [1.54, 1.807) is 0 Å². The van der Waals surface area contributed by atoms with E-state index in [1.807, 2.05) is 18.3 Å². The van der Waals surface area contributed by atoms with Crippen LogP contribution in [0.4, 0.5) is 5.82 Å². The molecule has 1 atom stereocenters. The molecule has 1 unspecified atom stereocenters. The van der Waals surface area contributed by atoms with Crippen molar-refractivity contribution in [2.45, 2.75) is 18.1 Å². The summed E-state index contributed by atoms with van der Waals surface area (Å²) in [6, 6.07) is 3.95. The number of rotatable bonds is 3. The highest BCUT2D eigenvalue weighted by molar-refractivity contribution is 9.10. The van der Waals surface area contributed by atoms with Crippen molar-refractivity contribution in [2.75, 3.05) is 17.6 Å². The molecule has 1 aromatic rings. The minimum absolute atomic E-state index is 0.774. The van der Waals surface area contributed by atoms with Crippen LogP contribution in [0.1, 0.15) is 12.8 Å². The van der Waals surface area contributed by atoms with Gasteiger partial charge in [0.1, 0.15) is 5.82 Å². The van der Waals surface area contributed by atoms with E-state index in [1.165, 1.54) is 18.6 Å². The molecular formula is C10H13BrN2S. The molecule has 1 aliphatic rings. The van der Waals surface area contributed by atoms with Crippen LogP contribution < -0.4 is 5.32 Å². The average molecular weight is 273 g/mol. The molecule has 0 spiro atoms. The van der Waals surface area contributed by atoms with Gasteiger partial charge in [0.05, 0.1) is 0 Å². The van der Waals surface area contributed by atoms with Crippen LogP contribution in [0.25, 0.3) is 0 Å². The summed E-state index contributed by atoms with van der Waals surface area (Å²) >= 11 is 5.49. The van der Waals surface area contributed by atoms with Crippen LogP contribution in [0, 0.1) is 0 Å². The summed E-state index contributed by atoms with van der Waals surface area (Å²) in [5, 5.41) is 4.14. The maximum absolute atomic E-state index is 4.25. The largest absolute Gasteiger partial charge is 0.369 e. The fraction of sp³-hybridized carbons (Fsp3) is 0.500. The summed E-state index contributed by atoms with van der Waals surface area (Å²) in [6.07, 6.45) is 4.52. The number of nitrogens with one attached hydrogen (secondary N) is 1. The maximum Gasteiger partial charge on any atom is 0.127 e. The molecule has 14 heavy (non-hydrogen) atoms. The second-order valence-corrected chi connectivity index (χ2v) is 5.70. The normalized spacial score (nSPS) is 21.1. The predicted molar refractivity (Wildman–Crippen MR) is 65.9 cm³/mol. The molecule has 0 aromatic carbocycles. The number of hydrogen-bond donors (Lipinski definition) is 1. The zero-order chi connectivity index (χ0) is 9.80. The Balaban J connectivity index is 1.85. The lowest BCUT2D eigenvalue weighted by molar-refractivity contribution is 0.803. The van der Waals surface area contributed by atoms with E-state index >= 15 is 0 Å². The van der Waals surface area contributed by atoms with Crippen molar-refractivity contribution in [2.24, 2.45) is 0 Å². The van der Waals surface area contributed by atoms with Crippen LogP contribution >= 0.6 is 27.7 Å². The maximum atomic E-state index is 4.25.